The van der Waals surface area contributed by atoms with E-state index in [1.165, 1.54) is 11.3 Å². The van der Waals surface area contributed by atoms with Gasteiger partial charge in [-0.15, -0.1) is 11.3 Å². The first kappa shape index (κ1) is 15.6. The lowest BCUT2D eigenvalue weighted by Crippen LogP contribution is -2.37. The number of esters is 1. The van der Waals surface area contributed by atoms with Gasteiger partial charge >= 0.3 is 5.97 Å². The molecule has 1 saturated heterocycles. The van der Waals surface area contributed by atoms with Gasteiger partial charge in [-0.25, -0.2) is 4.79 Å². The average molecular weight is 307 g/mol. The van der Waals surface area contributed by atoms with Crippen molar-refractivity contribution in [3.8, 4) is 6.07 Å². The number of anilines is 2. The first-order valence-electron chi connectivity index (χ1n) is 7.14. The van der Waals surface area contributed by atoms with Crippen LogP contribution in [-0.2, 0) is 4.74 Å². The maximum Gasteiger partial charge on any atom is 0.343 e. The zero-order valence-electron chi connectivity index (χ0n) is 12.7. The maximum absolute atomic E-state index is 12.2. The van der Waals surface area contributed by atoms with Crippen molar-refractivity contribution >= 4 is 28.0 Å². The van der Waals surface area contributed by atoms with E-state index in [1.807, 2.05) is 0 Å². The largest absolute Gasteiger partial charge is 0.462 e. The monoisotopic (exact) mass is 307 g/mol. The Morgan fingerprint density at radius 3 is 2.62 bits per heavy atom. The zero-order chi connectivity index (χ0) is 15.6. The second-order valence-electron chi connectivity index (χ2n) is 6.01. The highest BCUT2D eigenvalue weighted by Gasteiger charge is 2.31. The van der Waals surface area contributed by atoms with Crippen molar-refractivity contribution in [3.63, 3.8) is 0 Å². The molecule has 1 aliphatic rings. The van der Waals surface area contributed by atoms with E-state index in [0.29, 0.717) is 22.5 Å². The van der Waals surface area contributed by atoms with Crippen molar-refractivity contribution in [1.29, 1.82) is 5.26 Å². The van der Waals surface area contributed by atoms with Gasteiger partial charge in [0.05, 0.1) is 12.3 Å². The molecule has 0 amide bonds. The molecule has 2 heterocycles. The molecule has 6 heteroatoms. The minimum atomic E-state index is -0.437. The van der Waals surface area contributed by atoms with Gasteiger partial charge in [-0.1, -0.05) is 13.8 Å². The van der Waals surface area contributed by atoms with Gasteiger partial charge in [0.2, 0.25) is 0 Å². The maximum atomic E-state index is 12.2. The highest BCUT2D eigenvalue weighted by molar-refractivity contribution is 7.17. The molecule has 1 aromatic rings. The van der Waals surface area contributed by atoms with Crippen LogP contribution >= 0.6 is 11.3 Å². The van der Waals surface area contributed by atoms with Gasteiger partial charge in [0.25, 0.3) is 0 Å². The SMILES string of the molecule is CCOC(=O)c1c(N2CCC(C)(C)CC2)sc(C#N)c1N. The summed E-state index contributed by atoms with van der Waals surface area (Å²) < 4.78 is 5.09. The van der Waals surface area contributed by atoms with Crippen LogP contribution in [0.2, 0.25) is 0 Å². The Morgan fingerprint density at radius 1 is 1.48 bits per heavy atom. The molecule has 5 nitrogen and oxygen atoms in total. The molecule has 2 rings (SSSR count). The van der Waals surface area contributed by atoms with E-state index in [9.17, 15) is 4.79 Å². The first-order valence-corrected chi connectivity index (χ1v) is 7.95. The summed E-state index contributed by atoms with van der Waals surface area (Å²) in [5.74, 6) is -0.437. The quantitative estimate of drug-likeness (QED) is 0.868. The fourth-order valence-corrected chi connectivity index (χ4v) is 3.51. The van der Waals surface area contributed by atoms with E-state index >= 15 is 0 Å². The van der Waals surface area contributed by atoms with Gasteiger partial charge in [0.15, 0.2) is 0 Å². The fraction of sp³-hybridized carbons (Fsp3) is 0.600. The Balaban J connectivity index is 2.35. The van der Waals surface area contributed by atoms with Crippen LogP contribution in [-0.4, -0.2) is 25.7 Å². The molecule has 0 radical (unpaired) electrons. The summed E-state index contributed by atoms with van der Waals surface area (Å²) in [6, 6.07) is 2.07. The van der Waals surface area contributed by atoms with E-state index < -0.39 is 5.97 Å². The lowest BCUT2D eigenvalue weighted by atomic mass is 9.83. The molecule has 1 aliphatic heterocycles. The Morgan fingerprint density at radius 2 is 2.10 bits per heavy atom. The van der Waals surface area contributed by atoms with Crippen molar-refractivity contribution in [2.45, 2.75) is 33.6 Å². The topological polar surface area (TPSA) is 79.3 Å². The zero-order valence-corrected chi connectivity index (χ0v) is 13.5. The lowest BCUT2D eigenvalue weighted by molar-refractivity contribution is 0.0528. The number of carbonyl (C=O) groups is 1. The number of thiophene rings is 1. The standard InChI is InChI=1S/C15H21N3O2S/c1-4-20-14(19)11-12(17)10(9-16)21-13(11)18-7-5-15(2,3)6-8-18/h4-8,17H2,1-3H3. The normalized spacial score (nSPS) is 17.3. The van der Waals surface area contributed by atoms with Crippen molar-refractivity contribution in [1.82, 2.24) is 0 Å². The Bertz CT molecular complexity index is 576. The molecule has 0 unspecified atom stereocenters. The number of nitrogens with zero attached hydrogens (tertiary/aromatic N) is 2. The third-order valence-electron chi connectivity index (χ3n) is 3.91. The molecule has 2 N–H and O–H groups in total. The number of hydrogen-bond donors (Lipinski definition) is 1. The number of nitriles is 1. The average Bonchev–Trinajstić information content (AvgIpc) is 2.76. The summed E-state index contributed by atoms with van der Waals surface area (Å²) >= 11 is 1.29. The molecule has 0 aromatic carbocycles. The van der Waals surface area contributed by atoms with Gasteiger partial charge in [0.1, 0.15) is 21.5 Å². The Hall–Kier alpha value is -1.74. The van der Waals surface area contributed by atoms with Crippen molar-refractivity contribution in [2.75, 3.05) is 30.3 Å². The minimum Gasteiger partial charge on any atom is -0.462 e. The number of carbonyl (C=O) groups excluding carboxylic acids is 1. The second kappa shape index (κ2) is 5.94. The molecular weight excluding hydrogens is 286 g/mol. The van der Waals surface area contributed by atoms with Gasteiger partial charge in [-0.3, -0.25) is 0 Å². The number of nitrogen functional groups attached to an aromatic ring is 1. The summed E-state index contributed by atoms with van der Waals surface area (Å²) in [5, 5.41) is 9.94. The number of rotatable bonds is 3. The van der Waals surface area contributed by atoms with Gasteiger partial charge in [0, 0.05) is 13.1 Å². The summed E-state index contributed by atoms with van der Waals surface area (Å²) in [4.78, 5) is 14.7. The molecular formula is C15H21N3O2S. The van der Waals surface area contributed by atoms with Crippen LogP contribution in [0.4, 0.5) is 10.7 Å². The molecule has 21 heavy (non-hydrogen) atoms. The summed E-state index contributed by atoms with van der Waals surface area (Å²) in [6.07, 6.45) is 2.10. The van der Waals surface area contributed by atoms with E-state index in [4.69, 9.17) is 15.7 Å². The molecule has 0 spiro atoms. The van der Waals surface area contributed by atoms with Crippen LogP contribution in [0, 0.1) is 16.7 Å². The molecule has 0 atom stereocenters. The van der Waals surface area contributed by atoms with Crippen molar-refractivity contribution in [3.05, 3.63) is 10.4 Å². The number of piperidine rings is 1. The highest BCUT2D eigenvalue weighted by Crippen LogP contribution is 2.41. The third-order valence-corrected chi connectivity index (χ3v) is 5.08. The first-order chi connectivity index (χ1) is 9.89. The molecule has 0 saturated carbocycles. The van der Waals surface area contributed by atoms with Gasteiger partial charge in [-0.05, 0) is 25.2 Å². The van der Waals surface area contributed by atoms with E-state index in [2.05, 4.69) is 24.8 Å². The number of nitrogens with two attached hydrogens (primary N) is 1. The molecule has 1 fully saturated rings. The molecule has 0 aliphatic carbocycles. The summed E-state index contributed by atoms with van der Waals surface area (Å²) in [7, 11) is 0. The predicted molar refractivity (Wildman–Crippen MR) is 84.6 cm³/mol. The number of ether oxygens (including phenoxy) is 1. The van der Waals surface area contributed by atoms with Gasteiger partial charge in [-0.2, -0.15) is 5.26 Å². The summed E-state index contributed by atoms with van der Waals surface area (Å²) in [6.45, 7) is 8.28. The van der Waals surface area contributed by atoms with Crippen LogP contribution in [0.25, 0.3) is 0 Å². The van der Waals surface area contributed by atoms with E-state index in [1.54, 1.807) is 6.92 Å². The van der Waals surface area contributed by atoms with Crippen molar-refractivity contribution < 1.29 is 9.53 Å². The van der Waals surface area contributed by atoms with Crippen LogP contribution in [0.15, 0.2) is 0 Å². The third kappa shape index (κ3) is 3.13. The second-order valence-corrected chi connectivity index (χ2v) is 7.01. The molecule has 114 valence electrons. The Labute approximate surface area is 129 Å². The fourth-order valence-electron chi connectivity index (χ4n) is 2.45. The highest BCUT2D eigenvalue weighted by atomic mass is 32.1. The van der Waals surface area contributed by atoms with Crippen molar-refractivity contribution in [2.24, 2.45) is 5.41 Å². The number of hydrogen-bond acceptors (Lipinski definition) is 6. The Kier molecular flexibility index (Phi) is 4.43. The van der Waals surface area contributed by atoms with Gasteiger partial charge < -0.3 is 15.4 Å². The minimum absolute atomic E-state index is 0.251. The molecule has 0 bridgehead atoms. The van der Waals surface area contributed by atoms with Crippen LogP contribution < -0.4 is 10.6 Å². The molecule has 1 aromatic heterocycles. The van der Waals surface area contributed by atoms with Crippen LogP contribution in [0.5, 0.6) is 0 Å². The summed E-state index contributed by atoms with van der Waals surface area (Å²) in [5.41, 5.74) is 6.90. The van der Waals surface area contributed by atoms with Crippen LogP contribution in [0.1, 0.15) is 48.8 Å². The van der Waals surface area contributed by atoms with E-state index in [0.717, 1.165) is 30.9 Å². The van der Waals surface area contributed by atoms with E-state index in [-0.39, 0.29) is 5.69 Å². The van der Waals surface area contributed by atoms with Crippen LogP contribution in [0.3, 0.4) is 0 Å². The smallest absolute Gasteiger partial charge is 0.343 e. The lowest BCUT2D eigenvalue weighted by Gasteiger charge is -2.37. The predicted octanol–water partition coefficient (Wildman–Crippen LogP) is 3.01.